The molecule has 0 aliphatic heterocycles. The van der Waals surface area contributed by atoms with Crippen molar-refractivity contribution < 1.29 is 23.8 Å². The van der Waals surface area contributed by atoms with Crippen molar-refractivity contribution in [3.63, 3.8) is 0 Å². The maximum atomic E-state index is 11.9. The largest absolute Gasteiger partial charge is 0.479 e. The average molecular weight is 374 g/mol. The lowest BCUT2D eigenvalue weighted by molar-refractivity contribution is -0.160. The molecule has 0 fully saturated rings. The summed E-state index contributed by atoms with van der Waals surface area (Å²) in [5.74, 6) is -0.427. The first-order valence-electron chi connectivity index (χ1n) is 6.83. The zero-order chi connectivity index (χ0) is 16.5. The van der Waals surface area contributed by atoms with Gasteiger partial charge in [-0.3, -0.25) is 4.79 Å². The third-order valence-corrected chi connectivity index (χ3v) is 3.25. The molecule has 1 N–H and O–H groups in total. The van der Waals surface area contributed by atoms with Gasteiger partial charge >= 0.3 is 5.97 Å². The standard InChI is InChI=1S/C15H20BrNO5/c1-10(14(18)17-8-9-20-3)22-15(19)11(2)21-13-6-4-12(16)5-7-13/h4-7,10-11H,8-9H2,1-3H3,(H,17,18)/t10-,11+/m0/s1. The number of amides is 1. The Kier molecular flexibility index (Phi) is 7.90. The molecule has 1 rings (SSSR count). The van der Waals surface area contributed by atoms with Gasteiger partial charge in [0.1, 0.15) is 5.75 Å². The second kappa shape index (κ2) is 9.42. The van der Waals surface area contributed by atoms with Gasteiger partial charge in [0.25, 0.3) is 5.91 Å². The minimum atomic E-state index is -0.889. The van der Waals surface area contributed by atoms with Crippen LogP contribution in [0.3, 0.4) is 0 Å². The van der Waals surface area contributed by atoms with E-state index < -0.39 is 18.2 Å². The Balaban J connectivity index is 2.42. The van der Waals surface area contributed by atoms with E-state index in [0.717, 1.165) is 4.47 Å². The highest BCUT2D eigenvalue weighted by molar-refractivity contribution is 9.10. The third-order valence-electron chi connectivity index (χ3n) is 2.73. The van der Waals surface area contributed by atoms with Crippen LogP contribution in [0, 0.1) is 0 Å². The molecule has 1 aromatic rings. The summed E-state index contributed by atoms with van der Waals surface area (Å²) in [6.45, 7) is 3.84. The molecule has 6 nitrogen and oxygen atoms in total. The molecule has 1 aromatic carbocycles. The smallest absolute Gasteiger partial charge is 0.347 e. The van der Waals surface area contributed by atoms with Crippen molar-refractivity contribution in [2.45, 2.75) is 26.1 Å². The molecule has 22 heavy (non-hydrogen) atoms. The van der Waals surface area contributed by atoms with Crippen LogP contribution in [0.15, 0.2) is 28.7 Å². The molecule has 7 heteroatoms. The molecular formula is C15H20BrNO5. The van der Waals surface area contributed by atoms with Crippen LogP contribution >= 0.6 is 15.9 Å². The van der Waals surface area contributed by atoms with E-state index in [2.05, 4.69) is 21.2 Å². The average Bonchev–Trinajstić information content (AvgIpc) is 2.49. The van der Waals surface area contributed by atoms with Crippen LogP contribution in [0.5, 0.6) is 5.75 Å². The number of halogens is 1. The highest BCUT2D eigenvalue weighted by atomic mass is 79.9. The fourth-order valence-electron chi connectivity index (χ4n) is 1.51. The number of carbonyl (C=O) groups is 2. The summed E-state index contributed by atoms with van der Waals surface area (Å²) in [6.07, 6.45) is -1.70. The summed E-state index contributed by atoms with van der Waals surface area (Å²) in [5.41, 5.74) is 0. The van der Waals surface area contributed by atoms with Crippen molar-refractivity contribution in [1.29, 1.82) is 0 Å². The Morgan fingerprint density at radius 2 is 1.82 bits per heavy atom. The summed E-state index contributed by atoms with van der Waals surface area (Å²) >= 11 is 3.31. The molecule has 0 aliphatic carbocycles. The van der Waals surface area contributed by atoms with Gasteiger partial charge in [0.2, 0.25) is 0 Å². The van der Waals surface area contributed by atoms with Gasteiger partial charge in [-0.15, -0.1) is 0 Å². The minimum absolute atomic E-state index is 0.363. The van der Waals surface area contributed by atoms with Crippen LogP contribution in [-0.2, 0) is 19.1 Å². The number of rotatable bonds is 8. The lowest BCUT2D eigenvalue weighted by atomic mass is 10.3. The van der Waals surface area contributed by atoms with Crippen LogP contribution in [0.25, 0.3) is 0 Å². The molecule has 0 aromatic heterocycles. The van der Waals surface area contributed by atoms with Gasteiger partial charge < -0.3 is 19.5 Å². The molecule has 0 spiro atoms. The topological polar surface area (TPSA) is 73.9 Å². The van der Waals surface area contributed by atoms with Crippen molar-refractivity contribution in [2.24, 2.45) is 0 Å². The summed E-state index contributed by atoms with van der Waals surface area (Å²) in [6, 6.07) is 7.07. The number of benzene rings is 1. The van der Waals surface area contributed by atoms with Gasteiger partial charge in [-0.25, -0.2) is 4.79 Å². The lowest BCUT2D eigenvalue weighted by Gasteiger charge is -2.17. The normalized spacial score (nSPS) is 13.1. The van der Waals surface area contributed by atoms with Crippen molar-refractivity contribution in [1.82, 2.24) is 5.32 Å². The van der Waals surface area contributed by atoms with Gasteiger partial charge in [0, 0.05) is 18.1 Å². The van der Waals surface area contributed by atoms with E-state index in [9.17, 15) is 9.59 Å². The van der Waals surface area contributed by atoms with Gasteiger partial charge in [0.05, 0.1) is 6.61 Å². The Hall–Kier alpha value is -1.60. The molecule has 122 valence electrons. The highest BCUT2D eigenvalue weighted by Gasteiger charge is 2.22. The molecule has 0 aliphatic rings. The molecule has 2 atom stereocenters. The predicted octanol–water partition coefficient (Wildman–Crippen LogP) is 1.91. The maximum Gasteiger partial charge on any atom is 0.347 e. The van der Waals surface area contributed by atoms with Gasteiger partial charge in [-0.1, -0.05) is 15.9 Å². The van der Waals surface area contributed by atoms with Crippen molar-refractivity contribution >= 4 is 27.8 Å². The number of methoxy groups -OCH3 is 1. The van der Waals surface area contributed by atoms with Crippen LogP contribution in [0.1, 0.15) is 13.8 Å². The monoisotopic (exact) mass is 373 g/mol. The van der Waals surface area contributed by atoms with E-state index in [0.29, 0.717) is 18.9 Å². The Morgan fingerprint density at radius 3 is 2.41 bits per heavy atom. The van der Waals surface area contributed by atoms with Crippen molar-refractivity contribution in [3.05, 3.63) is 28.7 Å². The fourth-order valence-corrected chi connectivity index (χ4v) is 1.77. The SMILES string of the molecule is COCCNC(=O)[C@H](C)OC(=O)[C@@H](C)Oc1ccc(Br)cc1. The number of esters is 1. The van der Waals surface area contributed by atoms with E-state index in [1.54, 1.807) is 31.2 Å². The molecule has 0 heterocycles. The first-order chi connectivity index (χ1) is 10.4. The number of nitrogens with one attached hydrogen (secondary N) is 1. The Morgan fingerprint density at radius 1 is 1.18 bits per heavy atom. The van der Waals surface area contributed by atoms with E-state index >= 15 is 0 Å². The Labute approximate surface area is 138 Å². The summed E-state index contributed by atoms with van der Waals surface area (Å²) < 4.78 is 16.3. The highest BCUT2D eigenvalue weighted by Crippen LogP contribution is 2.17. The first-order valence-corrected chi connectivity index (χ1v) is 7.62. The maximum absolute atomic E-state index is 11.9. The quantitative estimate of drug-likeness (QED) is 0.556. The molecular weight excluding hydrogens is 354 g/mol. The molecule has 0 saturated carbocycles. The van der Waals surface area contributed by atoms with E-state index in [4.69, 9.17) is 14.2 Å². The molecule has 0 bridgehead atoms. The summed E-state index contributed by atoms with van der Waals surface area (Å²) in [5, 5.41) is 2.60. The minimum Gasteiger partial charge on any atom is -0.479 e. The van der Waals surface area contributed by atoms with Crippen molar-refractivity contribution in [2.75, 3.05) is 20.3 Å². The van der Waals surface area contributed by atoms with Gasteiger partial charge in [-0.05, 0) is 38.1 Å². The van der Waals surface area contributed by atoms with Crippen molar-refractivity contribution in [3.8, 4) is 5.75 Å². The van der Waals surface area contributed by atoms with Crippen LogP contribution in [0.2, 0.25) is 0 Å². The molecule has 1 amide bonds. The van der Waals surface area contributed by atoms with E-state index in [1.165, 1.54) is 14.0 Å². The number of ether oxygens (including phenoxy) is 3. The van der Waals surface area contributed by atoms with Crippen LogP contribution < -0.4 is 10.1 Å². The van der Waals surface area contributed by atoms with E-state index in [-0.39, 0.29) is 5.91 Å². The zero-order valence-corrected chi connectivity index (χ0v) is 14.4. The second-order valence-corrected chi connectivity index (χ2v) is 5.49. The third kappa shape index (κ3) is 6.44. The molecule has 0 radical (unpaired) electrons. The number of carbonyl (C=O) groups excluding carboxylic acids is 2. The number of hydrogen-bond acceptors (Lipinski definition) is 5. The zero-order valence-electron chi connectivity index (χ0n) is 12.8. The number of hydrogen-bond donors (Lipinski definition) is 1. The van der Waals surface area contributed by atoms with Gasteiger partial charge in [-0.2, -0.15) is 0 Å². The first kappa shape index (κ1) is 18.4. The van der Waals surface area contributed by atoms with E-state index in [1.807, 2.05) is 0 Å². The summed E-state index contributed by atoms with van der Waals surface area (Å²) in [4.78, 5) is 23.6. The molecule has 0 unspecified atom stereocenters. The summed E-state index contributed by atoms with van der Waals surface area (Å²) in [7, 11) is 1.54. The fraction of sp³-hybridized carbons (Fsp3) is 0.467. The second-order valence-electron chi connectivity index (χ2n) is 4.58. The predicted molar refractivity (Wildman–Crippen MR) is 84.7 cm³/mol. The van der Waals surface area contributed by atoms with Crippen LogP contribution in [-0.4, -0.2) is 44.3 Å². The van der Waals surface area contributed by atoms with Crippen LogP contribution in [0.4, 0.5) is 0 Å². The van der Waals surface area contributed by atoms with Gasteiger partial charge in [0.15, 0.2) is 12.2 Å². The molecule has 0 saturated heterocycles. The lowest BCUT2D eigenvalue weighted by Crippen LogP contribution is -2.39. The Bertz CT molecular complexity index is 491.